The molecule has 0 spiro atoms. The molecule has 1 aromatic heterocycles. The fraction of sp³-hybridized carbons (Fsp3) is 0.522. The number of likely N-dealkylation sites (tertiary alicyclic amines) is 1. The lowest BCUT2D eigenvalue weighted by atomic mass is 9.96. The summed E-state index contributed by atoms with van der Waals surface area (Å²) in [6.07, 6.45) is 6.24. The van der Waals surface area contributed by atoms with E-state index in [0.29, 0.717) is 5.92 Å². The number of hydrogen-bond donors (Lipinski definition) is 1. The van der Waals surface area contributed by atoms with Crippen LogP contribution in [0.3, 0.4) is 0 Å². The van der Waals surface area contributed by atoms with Crippen molar-refractivity contribution in [2.75, 3.05) is 42.9 Å². The van der Waals surface area contributed by atoms with Gasteiger partial charge in [0.1, 0.15) is 18.0 Å². The summed E-state index contributed by atoms with van der Waals surface area (Å²) in [4.78, 5) is 25.8. The fourth-order valence-corrected chi connectivity index (χ4v) is 4.37. The van der Waals surface area contributed by atoms with Crippen LogP contribution < -0.4 is 10.2 Å². The van der Waals surface area contributed by atoms with Gasteiger partial charge in [-0.3, -0.25) is 4.79 Å². The lowest BCUT2D eigenvalue weighted by Crippen LogP contribution is -2.40. The molecule has 1 N–H and O–H groups in total. The molecule has 1 aromatic carbocycles. The van der Waals surface area contributed by atoms with Crippen LogP contribution in [-0.4, -0.2) is 53.5 Å². The maximum atomic E-state index is 12.6. The second-order valence-corrected chi connectivity index (χ2v) is 8.44. The molecule has 2 aliphatic rings. The van der Waals surface area contributed by atoms with Crippen LogP contribution >= 0.6 is 0 Å². The molecule has 2 aliphatic heterocycles. The van der Waals surface area contributed by atoms with Crippen molar-refractivity contribution in [2.24, 2.45) is 11.8 Å². The zero-order valence-electron chi connectivity index (χ0n) is 17.3. The molecule has 6 heteroatoms. The van der Waals surface area contributed by atoms with Crippen LogP contribution in [0.1, 0.15) is 43.0 Å². The van der Waals surface area contributed by atoms with Crippen molar-refractivity contribution in [3.05, 3.63) is 48.3 Å². The molecule has 1 unspecified atom stereocenters. The summed E-state index contributed by atoms with van der Waals surface area (Å²) in [6, 6.07) is 11.7. The first-order valence-electron chi connectivity index (χ1n) is 10.8. The van der Waals surface area contributed by atoms with Gasteiger partial charge in [0.05, 0.1) is 0 Å². The van der Waals surface area contributed by atoms with E-state index in [1.165, 1.54) is 12.8 Å². The Morgan fingerprint density at radius 1 is 1.10 bits per heavy atom. The van der Waals surface area contributed by atoms with Crippen LogP contribution in [0.5, 0.6) is 0 Å². The van der Waals surface area contributed by atoms with E-state index in [9.17, 15) is 4.79 Å². The molecule has 2 saturated heterocycles. The highest BCUT2D eigenvalue weighted by molar-refractivity contribution is 5.94. The molecular formula is C23H31N5O. The van der Waals surface area contributed by atoms with E-state index in [1.807, 2.05) is 35.2 Å². The van der Waals surface area contributed by atoms with Crippen molar-refractivity contribution in [2.45, 2.75) is 32.6 Å². The van der Waals surface area contributed by atoms with Gasteiger partial charge in [-0.25, -0.2) is 9.97 Å². The van der Waals surface area contributed by atoms with Crippen LogP contribution in [0.4, 0.5) is 11.6 Å². The molecule has 2 aromatic rings. The van der Waals surface area contributed by atoms with Crippen molar-refractivity contribution in [3.63, 3.8) is 0 Å². The van der Waals surface area contributed by atoms with Gasteiger partial charge in [0.15, 0.2) is 0 Å². The Hall–Kier alpha value is -2.63. The predicted octanol–water partition coefficient (Wildman–Crippen LogP) is 3.68. The van der Waals surface area contributed by atoms with Crippen molar-refractivity contribution >= 4 is 17.5 Å². The molecular weight excluding hydrogens is 362 g/mol. The Morgan fingerprint density at radius 3 is 2.66 bits per heavy atom. The van der Waals surface area contributed by atoms with E-state index < -0.39 is 0 Å². The van der Waals surface area contributed by atoms with Crippen LogP contribution in [0.25, 0.3) is 0 Å². The first-order chi connectivity index (χ1) is 14.2. The summed E-state index contributed by atoms with van der Waals surface area (Å²) in [7, 11) is 0. The van der Waals surface area contributed by atoms with Gasteiger partial charge in [-0.05, 0) is 49.7 Å². The first kappa shape index (κ1) is 19.7. The molecule has 0 saturated carbocycles. The van der Waals surface area contributed by atoms with E-state index in [2.05, 4.69) is 33.2 Å². The van der Waals surface area contributed by atoms with Gasteiger partial charge in [0.2, 0.25) is 0 Å². The fourth-order valence-electron chi connectivity index (χ4n) is 4.37. The first-order valence-corrected chi connectivity index (χ1v) is 10.8. The number of nitrogens with zero attached hydrogens (tertiary/aromatic N) is 4. The highest BCUT2D eigenvalue weighted by Gasteiger charge is 2.24. The molecule has 2 fully saturated rings. The Balaban J connectivity index is 1.26. The normalized spacial score (nSPS) is 20.5. The maximum Gasteiger partial charge on any atom is 0.253 e. The van der Waals surface area contributed by atoms with Crippen LogP contribution in [-0.2, 0) is 0 Å². The number of carbonyl (C=O) groups excluding carboxylic acids is 1. The van der Waals surface area contributed by atoms with E-state index in [-0.39, 0.29) is 5.91 Å². The number of carbonyl (C=O) groups is 1. The van der Waals surface area contributed by atoms with Gasteiger partial charge in [0.25, 0.3) is 5.91 Å². The van der Waals surface area contributed by atoms with Gasteiger partial charge in [0, 0.05) is 44.4 Å². The summed E-state index contributed by atoms with van der Waals surface area (Å²) in [5, 5.41) is 3.50. The average molecular weight is 394 g/mol. The number of amides is 1. The number of aromatic nitrogens is 2. The second-order valence-electron chi connectivity index (χ2n) is 8.44. The minimum atomic E-state index is 0.146. The SMILES string of the molecule is CC1CCCN(c2cc(NCC3CCN(C(=O)c4ccccc4)CC3)ncn2)C1. The molecule has 1 amide bonds. The number of hydrogen-bond acceptors (Lipinski definition) is 5. The second kappa shape index (κ2) is 9.25. The quantitative estimate of drug-likeness (QED) is 0.840. The van der Waals surface area contributed by atoms with Crippen molar-refractivity contribution in [1.82, 2.24) is 14.9 Å². The summed E-state index contributed by atoms with van der Waals surface area (Å²) in [6.45, 7) is 6.99. The monoisotopic (exact) mass is 393 g/mol. The summed E-state index contributed by atoms with van der Waals surface area (Å²) in [5.74, 6) is 3.35. The highest BCUT2D eigenvalue weighted by atomic mass is 16.2. The van der Waals surface area contributed by atoms with Crippen LogP contribution in [0.2, 0.25) is 0 Å². The van der Waals surface area contributed by atoms with Crippen molar-refractivity contribution in [1.29, 1.82) is 0 Å². The predicted molar refractivity (Wildman–Crippen MR) is 116 cm³/mol. The average Bonchev–Trinajstić information content (AvgIpc) is 2.78. The maximum absolute atomic E-state index is 12.6. The van der Waals surface area contributed by atoms with Crippen LogP contribution in [0, 0.1) is 11.8 Å². The minimum absolute atomic E-state index is 0.146. The van der Waals surface area contributed by atoms with Gasteiger partial charge in [-0.15, -0.1) is 0 Å². The van der Waals surface area contributed by atoms with Gasteiger partial charge in [-0.2, -0.15) is 0 Å². The molecule has 0 radical (unpaired) electrons. The van der Waals surface area contributed by atoms with Gasteiger partial charge < -0.3 is 15.1 Å². The summed E-state index contributed by atoms with van der Waals surface area (Å²) >= 11 is 0. The highest BCUT2D eigenvalue weighted by Crippen LogP contribution is 2.23. The molecule has 4 rings (SSSR count). The molecule has 1 atom stereocenters. The van der Waals surface area contributed by atoms with Gasteiger partial charge in [-0.1, -0.05) is 25.1 Å². The van der Waals surface area contributed by atoms with E-state index in [0.717, 1.165) is 68.7 Å². The Morgan fingerprint density at radius 2 is 1.90 bits per heavy atom. The molecule has 0 aliphatic carbocycles. The zero-order valence-corrected chi connectivity index (χ0v) is 17.3. The van der Waals surface area contributed by atoms with E-state index in [4.69, 9.17) is 0 Å². The third-order valence-electron chi connectivity index (χ3n) is 6.13. The standard InChI is InChI=1S/C23H31N5O/c1-18-6-5-11-28(16-18)22-14-21(25-17-26-22)24-15-19-9-12-27(13-10-19)23(29)20-7-3-2-4-8-20/h2-4,7-8,14,17-19H,5-6,9-13,15-16H2,1H3,(H,24,25,26). The largest absolute Gasteiger partial charge is 0.370 e. The van der Waals surface area contributed by atoms with Crippen LogP contribution in [0.15, 0.2) is 42.7 Å². The zero-order chi connectivity index (χ0) is 20.1. The van der Waals surface area contributed by atoms with Gasteiger partial charge >= 0.3 is 0 Å². The van der Waals surface area contributed by atoms with Crippen molar-refractivity contribution in [3.8, 4) is 0 Å². The molecule has 3 heterocycles. The number of piperidine rings is 2. The molecule has 6 nitrogen and oxygen atoms in total. The Bertz CT molecular complexity index is 804. The van der Waals surface area contributed by atoms with Crippen molar-refractivity contribution < 1.29 is 4.79 Å². The lowest BCUT2D eigenvalue weighted by Gasteiger charge is -2.33. The minimum Gasteiger partial charge on any atom is -0.370 e. The topological polar surface area (TPSA) is 61.4 Å². The third kappa shape index (κ3) is 5.05. The van der Waals surface area contributed by atoms with E-state index >= 15 is 0 Å². The molecule has 0 bridgehead atoms. The summed E-state index contributed by atoms with van der Waals surface area (Å²) < 4.78 is 0. The number of nitrogens with one attached hydrogen (secondary N) is 1. The summed E-state index contributed by atoms with van der Waals surface area (Å²) in [5.41, 5.74) is 0.782. The number of benzene rings is 1. The third-order valence-corrected chi connectivity index (χ3v) is 6.13. The Kier molecular flexibility index (Phi) is 6.27. The molecule has 154 valence electrons. The smallest absolute Gasteiger partial charge is 0.253 e. The Labute approximate surface area is 173 Å². The number of rotatable bonds is 5. The van der Waals surface area contributed by atoms with E-state index in [1.54, 1.807) is 6.33 Å². The molecule has 29 heavy (non-hydrogen) atoms. The lowest BCUT2D eigenvalue weighted by molar-refractivity contribution is 0.0695. The number of anilines is 2.